The van der Waals surface area contributed by atoms with Crippen LogP contribution >= 0.6 is 0 Å². The van der Waals surface area contributed by atoms with Crippen molar-refractivity contribution in [3.05, 3.63) is 66.8 Å². The summed E-state index contributed by atoms with van der Waals surface area (Å²) in [5.74, 6) is -0.320. The molecule has 0 saturated carbocycles. The number of benzene rings is 2. The molecule has 21 heavy (non-hydrogen) atoms. The molecule has 0 aliphatic heterocycles. The number of rotatable bonds is 6. The van der Waals surface area contributed by atoms with Crippen LogP contribution in [0, 0.1) is 7.14 Å². The molecule has 0 bridgehead atoms. The molecule has 0 saturated heterocycles. The fraction of sp³-hybridized carbons (Fsp3) is 0.125. The van der Waals surface area contributed by atoms with Crippen molar-refractivity contribution in [1.29, 1.82) is 0 Å². The average molecular weight is 397 g/mol. The Balaban J connectivity index is 2.01. The predicted molar refractivity (Wildman–Crippen MR) is 72.5 cm³/mol. The summed E-state index contributed by atoms with van der Waals surface area (Å²) in [6, 6.07) is 15.5. The molecule has 0 aromatic heterocycles. The molecule has 0 spiro atoms. The van der Waals surface area contributed by atoms with Gasteiger partial charge < -0.3 is 0 Å². The van der Waals surface area contributed by atoms with E-state index in [1.54, 1.807) is 12.1 Å². The fourth-order valence-corrected chi connectivity index (χ4v) is 3.82. The zero-order chi connectivity index (χ0) is 15.1. The summed E-state index contributed by atoms with van der Waals surface area (Å²) in [5.41, 5.74) is 1.53. The van der Waals surface area contributed by atoms with E-state index < -0.39 is 0 Å². The Bertz CT molecular complexity index is 605. The van der Waals surface area contributed by atoms with E-state index in [1.807, 2.05) is 36.4 Å². The molecule has 2 aromatic rings. The van der Waals surface area contributed by atoms with Crippen molar-refractivity contribution in [3.8, 4) is 0 Å². The third-order valence-electron chi connectivity index (χ3n) is 2.71. The van der Waals surface area contributed by atoms with Gasteiger partial charge in [0.2, 0.25) is 0 Å². The standard InChI is InChI=1S/C16H14IO4/c1-20-16(19)13-4-8-15(9-5-13)17-14-6-2-12(3-7-14)10-21-11-18/h2-9,11H,10H2,1H3/q-1. The Kier molecular flexibility index (Phi) is 5.74. The molecule has 0 amide bonds. The van der Waals surface area contributed by atoms with Gasteiger partial charge >= 0.3 is 133 Å². The van der Waals surface area contributed by atoms with Gasteiger partial charge in [0, 0.05) is 0 Å². The molecule has 0 unspecified atom stereocenters. The number of carbonyl (C=O) groups excluding carboxylic acids is 2. The van der Waals surface area contributed by atoms with Crippen LogP contribution in [0.15, 0.2) is 48.5 Å². The molecule has 0 aliphatic rings. The molecule has 110 valence electrons. The number of hydrogen-bond acceptors (Lipinski definition) is 4. The van der Waals surface area contributed by atoms with Crippen LogP contribution in [0.5, 0.6) is 0 Å². The van der Waals surface area contributed by atoms with Gasteiger partial charge in [-0.15, -0.1) is 0 Å². The summed E-state index contributed by atoms with van der Waals surface area (Å²) in [5, 5.41) is 0. The monoisotopic (exact) mass is 397 g/mol. The first kappa shape index (κ1) is 15.5. The van der Waals surface area contributed by atoms with Gasteiger partial charge in [0.25, 0.3) is 0 Å². The maximum atomic E-state index is 11.4. The predicted octanol–water partition coefficient (Wildman–Crippen LogP) is -0.725. The maximum absolute atomic E-state index is 11.4. The molecular weight excluding hydrogens is 383 g/mol. The molecule has 0 aliphatic carbocycles. The third-order valence-corrected chi connectivity index (χ3v) is 5.40. The number of hydrogen-bond donors (Lipinski definition) is 0. The minimum atomic E-state index is -0.320. The summed E-state index contributed by atoms with van der Waals surface area (Å²) < 4.78 is 11.9. The Hall–Kier alpha value is -1.89. The first-order chi connectivity index (χ1) is 10.2. The third kappa shape index (κ3) is 4.56. The van der Waals surface area contributed by atoms with Crippen molar-refractivity contribution in [2.24, 2.45) is 0 Å². The minimum absolute atomic E-state index is 0.297. The molecule has 0 heterocycles. The Morgan fingerprint density at radius 1 is 1.05 bits per heavy atom. The second kappa shape index (κ2) is 7.78. The van der Waals surface area contributed by atoms with Crippen LogP contribution in [0.25, 0.3) is 0 Å². The first-order valence-corrected chi connectivity index (χ1v) is 8.36. The van der Waals surface area contributed by atoms with E-state index in [0.29, 0.717) is 18.6 Å². The molecule has 0 radical (unpaired) electrons. The average Bonchev–Trinajstić information content (AvgIpc) is 2.54. The molecule has 5 heteroatoms. The number of carbonyl (C=O) groups is 2. The Morgan fingerprint density at radius 2 is 1.62 bits per heavy atom. The van der Waals surface area contributed by atoms with E-state index >= 15 is 0 Å². The second-order valence-corrected chi connectivity index (χ2v) is 7.16. The van der Waals surface area contributed by atoms with Crippen LogP contribution in [0.1, 0.15) is 15.9 Å². The van der Waals surface area contributed by atoms with Crippen LogP contribution in [0.2, 0.25) is 0 Å². The molecule has 2 rings (SSSR count). The molecule has 4 nitrogen and oxygen atoms in total. The van der Waals surface area contributed by atoms with Crippen molar-refractivity contribution in [2.45, 2.75) is 6.61 Å². The van der Waals surface area contributed by atoms with E-state index in [9.17, 15) is 9.59 Å². The SMILES string of the molecule is COC(=O)c1ccc([I-]c2ccc(COC=O)cc2)cc1. The number of esters is 1. The number of methoxy groups -OCH3 is 1. The molecular formula is C16H14IO4-. The quantitative estimate of drug-likeness (QED) is 0.367. The summed E-state index contributed by atoms with van der Waals surface area (Å²) in [7, 11) is 1.37. The van der Waals surface area contributed by atoms with Crippen molar-refractivity contribution < 1.29 is 40.3 Å². The Labute approximate surface area is 133 Å². The van der Waals surface area contributed by atoms with Crippen LogP contribution in [0.4, 0.5) is 0 Å². The van der Waals surface area contributed by atoms with E-state index in [2.05, 4.69) is 4.74 Å². The summed E-state index contributed by atoms with van der Waals surface area (Å²) in [4.78, 5) is 21.5. The van der Waals surface area contributed by atoms with Gasteiger partial charge in [-0.1, -0.05) is 0 Å². The summed E-state index contributed by atoms with van der Waals surface area (Å²) in [6.45, 7) is 0.750. The van der Waals surface area contributed by atoms with Crippen LogP contribution in [0.3, 0.4) is 0 Å². The summed E-state index contributed by atoms with van der Waals surface area (Å²) in [6.07, 6.45) is 0. The first-order valence-electron chi connectivity index (χ1n) is 6.20. The molecule has 0 N–H and O–H groups in total. The van der Waals surface area contributed by atoms with Gasteiger partial charge in [0.05, 0.1) is 0 Å². The van der Waals surface area contributed by atoms with Gasteiger partial charge in [0.1, 0.15) is 0 Å². The van der Waals surface area contributed by atoms with Crippen molar-refractivity contribution in [2.75, 3.05) is 7.11 Å². The van der Waals surface area contributed by atoms with Gasteiger partial charge in [-0.2, -0.15) is 0 Å². The Morgan fingerprint density at radius 3 is 2.14 bits per heavy atom. The van der Waals surface area contributed by atoms with Crippen molar-refractivity contribution >= 4 is 12.4 Å². The van der Waals surface area contributed by atoms with Crippen LogP contribution < -0.4 is 21.2 Å². The number of ether oxygens (including phenoxy) is 2. The van der Waals surface area contributed by atoms with Crippen molar-refractivity contribution in [3.63, 3.8) is 0 Å². The van der Waals surface area contributed by atoms with Crippen molar-refractivity contribution in [1.82, 2.24) is 0 Å². The molecule has 2 aromatic carbocycles. The zero-order valence-electron chi connectivity index (χ0n) is 11.4. The van der Waals surface area contributed by atoms with E-state index in [1.165, 1.54) is 14.3 Å². The van der Waals surface area contributed by atoms with Crippen LogP contribution in [-0.2, 0) is 20.9 Å². The van der Waals surface area contributed by atoms with E-state index in [-0.39, 0.29) is 27.2 Å². The second-order valence-electron chi connectivity index (χ2n) is 4.13. The van der Waals surface area contributed by atoms with Gasteiger partial charge in [-0.3, -0.25) is 0 Å². The van der Waals surface area contributed by atoms with E-state index in [4.69, 9.17) is 4.74 Å². The molecule has 0 fully saturated rings. The summed E-state index contributed by atoms with van der Waals surface area (Å²) >= 11 is -0.297. The van der Waals surface area contributed by atoms with Crippen LogP contribution in [-0.4, -0.2) is 19.6 Å². The van der Waals surface area contributed by atoms with Gasteiger partial charge in [0.15, 0.2) is 0 Å². The fourth-order valence-electron chi connectivity index (χ4n) is 1.67. The zero-order valence-corrected chi connectivity index (χ0v) is 13.6. The topological polar surface area (TPSA) is 52.6 Å². The van der Waals surface area contributed by atoms with E-state index in [0.717, 1.165) is 5.56 Å². The van der Waals surface area contributed by atoms with Gasteiger partial charge in [-0.05, 0) is 0 Å². The van der Waals surface area contributed by atoms with Gasteiger partial charge in [-0.25, -0.2) is 0 Å². The normalized spacial score (nSPS) is 10.1. The number of halogens is 1. The molecule has 0 atom stereocenters.